The number of carbonyl (C=O) groups excluding carboxylic acids is 1. The number of aromatic amines is 1. The molecule has 2 aromatic rings. The number of hydrogen-bond acceptors (Lipinski definition) is 3. The fourth-order valence-electron chi connectivity index (χ4n) is 2.84. The summed E-state index contributed by atoms with van der Waals surface area (Å²) < 4.78 is 0. The molecule has 0 unspecified atom stereocenters. The van der Waals surface area contributed by atoms with E-state index in [9.17, 15) is 4.79 Å². The predicted octanol–water partition coefficient (Wildman–Crippen LogP) is 1.65. The Labute approximate surface area is 111 Å². The normalized spacial score (nSPS) is 23.6. The third-order valence-electron chi connectivity index (χ3n) is 3.96. The molecular formula is C14H18N4O. The molecule has 1 fully saturated rings. The first-order valence-electron chi connectivity index (χ1n) is 6.69. The molecule has 1 amide bonds. The third kappa shape index (κ3) is 2.21. The Morgan fingerprint density at radius 1 is 1.26 bits per heavy atom. The Hall–Kier alpha value is -1.88. The van der Waals surface area contributed by atoms with Crippen molar-refractivity contribution in [1.82, 2.24) is 9.97 Å². The van der Waals surface area contributed by atoms with Gasteiger partial charge in [-0.05, 0) is 37.8 Å². The minimum atomic E-state index is -0.436. The molecule has 1 aliphatic carbocycles. The molecule has 1 aromatic heterocycles. The van der Waals surface area contributed by atoms with E-state index in [0.717, 1.165) is 37.0 Å². The molecular weight excluding hydrogens is 240 g/mol. The van der Waals surface area contributed by atoms with E-state index in [1.807, 2.05) is 12.1 Å². The quantitative estimate of drug-likeness (QED) is 0.763. The number of rotatable bonds is 2. The van der Waals surface area contributed by atoms with Gasteiger partial charge in [0.15, 0.2) is 0 Å². The zero-order valence-corrected chi connectivity index (χ0v) is 10.7. The van der Waals surface area contributed by atoms with Crippen molar-refractivity contribution >= 4 is 16.9 Å². The van der Waals surface area contributed by atoms with Crippen LogP contribution in [-0.4, -0.2) is 21.9 Å². The maximum absolute atomic E-state index is 11.4. The summed E-state index contributed by atoms with van der Waals surface area (Å²) in [5.41, 5.74) is 13.3. The fraction of sp³-hybridized carbons (Fsp3) is 0.429. The number of carbonyl (C=O) groups is 1. The maximum atomic E-state index is 11.4. The zero-order valence-electron chi connectivity index (χ0n) is 10.7. The van der Waals surface area contributed by atoms with Gasteiger partial charge in [0.25, 0.3) is 5.91 Å². The molecule has 5 nitrogen and oxygen atoms in total. The first-order valence-corrected chi connectivity index (χ1v) is 6.69. The lowest BCUT2D eigenvalue weighted by atomic mass is 9.86. The topological polar surface area (TPSA) is 97.8 Å². The van der Waals surface area contributed by atoms with Crippen LogP contribution in [0, 0.1) is 0 Å². The number of primary amides is 1. The second kappa shape index (κ2) is 4.66. The number of nitrogens with two attached hydrogens (primary N) is 2. The SMILES string of the molecule is NC(=O)c1cccc2[nH]c([C@H]3CC[C@H](N)CC3)nc12. The summed E-state index contributed by atoms with van der Waals surface area (Å²) in [6.45, 7) is 0. The van der Waals surface area contributed by atoms with Gasteiger partial charge in [0.1, 0.15) is 11.3 Å². The smallest absolute Gasteiger partial charge is 0.250 e. The number of H-pyrrole nitrogens is 1. The van der Waals surface area contributed by atoms with Gasteiger partial charge >= 0.3 is 0 Å². The van der Waals surface area contributed by atoms with Crippen LogP contribution in [-0.2, 0) is 0 Å². The number of amides is 1. The average Bonchev–Trinajstić information content (AvgIpc) is 2.82. The van der Waals surface area contributed by atoms with Gasteiger partial charge in [0.2, 0.25) is 0 Å². The number of para-hydroxylation sites is 1. The highest BCUT2D eigenvalue weighted by Crippen LogP contribution is 2.32. The summed E-state index contributed by atoms with van der Waals surface area (Å²) in [4.78, 5) is 19.3. The van der Waals surface area contributed by atoms with Crippen LogP contribution in [0.2, 0.25) is 0 Å². The molecule has 1 aliphatic rings. The van der Waals surface area contributed by atoms with E-state index < -0.39 is 5.91 Å². The van der Waals surface area contributed by atoms with E-state index in [-0.39, 0.29) is 0 Å². The van der Waals surface area contributed by atoms with E-state index in [2.05, 4.69) is 9.97 Å². The van der Waals surface area contributed by atoms with E-state index in [4.69, 9.17) is 11.5 Å². The van der Waals surface area contributed by atoms with Crippen molar-refractivity contribution in [2.75, 3.05) is 0 Å². The summed E-state index contributed by atoms with van der Waals surface area (Å²) in [6.07, 6.45) is 4.16. The van der Waals surface area contributed by atoms with Gasteiger partial charge in [0.05, 0.1) is 11.1 Å². The van der Waals surface area contributed by atoms with Crippen LogP contribution < -0.4 is 11.5 Å². The second-order valence-electron chi connectivity index (χ2n) is 5.30. The Kier molecular flexibility index (Phi) is 2.98. The van der Waals surface area contributed by atoms with Crippen molar-refractivity contribution in [3.8, 4) is 0 Å². The number of hydrogen-bond donors (Lipinski definition) is 3. The molecule has 0 radical (unpaired) electrons. The lowest BCUT2D eigenvalue weighted by Gasteiger charge is -2.24. The van der Waals surface area contributed by atoms with Crippen LogP contribution in [0.5, 0.6) is 0 Å². The van der Waals surface area contributed by atoms with Crippen LogP contribution in [0.25, 0.3) is 11.0 Å². The largest absolute Gasteiger partial charge is 0.366 e. The number of nitrogens with one attached hydrogen (secondary N) is 1. The van der Waals surface area contributed by atoms with Crippen molar-refractivity contribution in [3.63, 3.8) is 0 Å². The lowest BCUT2D eigenvalue weighted by Crippen LogP contribution is -2.26. The first-order chi connectivity index (χ1) is 9.15. The minimum absolute atomic E-state index is 0.321. The average molecular weight is 258 g/mol. The Bertz CT molecular complexity index is 611. The number of imidazole rings is 1. The van der Waals surface area contributed by atoms with Crippen LogP contribution >= 0.6 is 0 Å². The predicted molar refractivity (Wildman–Crippen MR) is 73.8 cm³/mol. The molecule has 5 N–H and O–H groups in total. The van der Waals surface area contributed by atoms with Crippen molar-refractivity contribution in [2.24, 2.45) is 11.5 Å². The van der Waals surface area contributed by atoms with Crippen molar-refractivity contribution < 1.29 is 4.79 Å². The van der Waals surface area contributed by atoms with Gasteiger partial charge in [-0.15, -0.1) is 0 Å². The molecule has 0 bridgehead atoms. The molecule has 0 saturated heterocycles. The molecule has 19 heavy (non-hydrogen) atoms. The van der Waals surface area contributed by atoms with Crippen LogP contribution in [0.15, 0.2) is 18.2 Å². The first kappa shape index (κ1) is 12.2. The summed E-state index contributed by atoms with van der Waals surface area (Å²) in [5, 5.41) is 0. The van der Waals surface area contributed by atoms with Gasteiger partial charge < -0.3 is 16.5 Å². The van der Waals surface area contributed by atoms with E-state index in [1.165, 1.54) is 0 Å². The monoisotopic (exact) mass is 258 g/mol. The number of aromatic nitrogens is 2. The molecule has 100 valence electrons. The fourth-order valence-corrected chi connectivity index (χ4v) is 2.84. The standard InChI is InChI=1S/C14H18N4O/c15-9-6-4-8(5-7-9)14-17-11-3-1-2-10(13(16)19)12(11)18-14/h1-3,8-9H,4-7,15H2,(H2,16,19)(H,17,18)/t8-,9-. The Morgan fingerprint density at radius 3 is 2.68 bits per heavy atom. The highest BCUT2D eigenvalue weighted by Gasteiger charge is 2.23. The molecule has 1 aromatic carbocycles. The molecule has 0 atom stereocenters. The van der Waals surface area contributed by atoms with Crippen molar-refractivity contribution in [1.29, 1.82) is 0 Å². The summed E-state index contributed by atoms with van der Waals surface area (Å²) in [5.74, 6) is 0.929. The van der Waals surface area contributed by atoms with E-state index in [1.54, 1.807) is 6.07 Å². The molecule has 0 aliphatic heterocycles. The zero-order chi connectivity index (χ0) is 13.4. The number of nitrogens with zero attached hydrogens (tertiary/aromatic N) is 1. The number of fused-ring (bicyclic) bond motifs is 1. The van der Waals surface area contributed by atoms with Crippen LogP contribution in [0.3, 0.4) is 0 Å². The molecule has 1 heterocycles. The van der Waals surface area contributed by atoms with Gasteiger partial charge in [-0.25, -0.2) is 4.98 Å². The third-order valence-corrected chi connectivity index (χ3v) is 3.96. The molecule has 5 heteroatoms. The molecule has 1 saturated carbocycles. The molecule has 3 rings (SSSR count). The highest BCUT2D eigenvalue weighted by atomic mass is 16.1. The summed E-state index contributed by atoms with van der Waals surface area (Å²) in [6, 6.07) is 5.78. The van der Waals surface area contributed by atoms with E-state index >= 15 is 0 Å². The summed E-state index contributed by atoms with van der Waals surface area (Å²) >= 11 is 0. The lowest BCUT2D eigenvalue weighted by molar-refractivity contribution is 0.100. The molecule has 0 spiro atoms. The van der Waals surface area contributed by atoms with Gasteiger partial charge in [0, 0.05) is 12.0 Å². The van der Waals surface area contributed by atoms with Crippen molar-refractivity contribution in [2.45, 2.75) is 37.6 Å². The van der Waals surface area contributed by atoms with E-state index in [0.29, 0.717) is 23.0 Å². The second-order valence-corrected chi connectivity index (χ2v) is 5.30. The van der Waals surface area contributed by atoms with Crippen LogP contribution in [0.4, 0.5) is 0 Å². The minimum Gasteiger partial charge on any atom is -0.366 e. The van der Waals surface area contributed by atoms with Crippen LogP contribution in [0.1, 0.15) is 47.8 Å². The van der Waals surface area contributed by atoms with Gasteiger partial charge in [-0.3, -0.25) is 4.79 Å². The van der Waals surface area contributed by atoms with Crippen molar-refractivity contribution in [3.05, 3.63) is 29.6 Å². The highest BCUT2D eigenvalue weighted by molar-refractivity contribution is 6.04. The van der Waals surface area contributed by atoms with Gasteiger partial charge in [-0.1, -0.05) is 6.07 Å². The maximum Gasteiger partial charge on any atom is 0.250 e. The van der Waals surface area contributed by atoms with Gasteiger partial charge in [-0.2, -0.15) is 0 Å². The summed E-state index contributed by atoms with van der Waals surface area (Å²) in [7, 11) is 0. The Morgan fingerprint density at radius 2 is 2.00 bits per heavy atom. The number of benzene rings is 1. The Balaban J connectivity index is 1.98.